The SMILES string of the molecule is CC(C)(C)OC(=O)N[C@H]1CC[C@@H](O)CNC1=O. The minimum Gasteiger partial charge on any atom is -0.444 e. The van der Waals surface area contributed by atoms with Gasteiger partial charge in [0.25, 0.3) is 0 Å². The Labute approximate surface area is 101 Å². The summed E-state index contributed by atoms with van der Waals surface area (Å²) in [4.78, 5) is 23.1. The summed E-state index contributed by atoms with van der Waals surface area (Å²) in [6, 6.07) is -0.637. The average Bonchev–Trinajstić information content (AvgIpc) is 2.30. The molecule has 3 N–H and O–H groups in total. The Bertz CT molecular complexity index is 298. The first-order chi connectivity index (χ1) is 7.78. The number of alkyl carbamates (subject to hydrolysis) is 1. The molecule has 2 amide bonds. The molecule has 1 saturated heterocycles. The number of aliphatic hydroxyl groups is 1. The minimum atomic E-state index is -0.637. The minimum absolute atomic E-state index is 0.228. The second-order valence-electron chi connectivity index (χ2n) is 5.18. The molecular formula is C11H20N2O4. The molecule has 0 aliphatic carbocycles. The second kappa shape index (κ2) is 5.35. The van der Waals surface area contributed by atoms with Gasteiger partial charge in [-0.2, -0.15) is 0 Å². The lowest BCUT2D eigenvalue weighted by Crippen LogP contribution is -2.47. The van der Waals surface area contributed by atoms with E-state index in [1.165, 1.54) is 0 Å². The van der Waals surface area contributed by atoms with Crippen LogP contribution < -0.4 is 10.6 Å². The zero-order valence-corrected chi connectivity index (χ0v) is 10.4. The van der Waals surface area contributed by atoms with E-state index in [-0.39, 0.29) is 12.5 Å². The van der Waals surface area contributed by atoms with E-state index < -0.39 is 23.8 Å². The summed E-state index contributed by atoms with van der Waals surface area (Å²) in [6.07, 6.45) is -0.288. The third kappa shape index (κ3) is 5.04. The summed E-state index contributed by atoms with van der Waals surface area (Å²) in [6.45, 7) is 5.49. The molecule has 0 aromatic rings. The fourth-order valence-corrected chi connectivity index (χ4v) is 1.52. The molecule has 2 atom stereocenters. The lowest BCUT2D eigenvalue weighted by atomic mass is 10.1. The molecule has 0 saturated carbocycles. The Hall–Kier alpha value is -1.30. The Kier molecular flexibility index (Phi) is 4.34. The van der Waals surface area contributed by atoms with Gasteiger partial charge in [-0.25, -0.2) is 4.79 Å². The van der Waals surface area contributed by atoms with Crippen molar-refractivity contribution in [3.05, 3.63) is 0 Å². The highest BCUT2D eigenvalue weighted by Gasteiger charge is 2.27. The molecule has 0 radical (unpaired) electrons. The van der Waals surface area contributed by atoms with Crippen molar-refractivity contribution in [2.75, 3.05) is 6.54 Å². The summed E-state index contributed by atoms with van der Waals surface area (Å²) in [5.74, 6) is -0.285. The monoisotopic (exact) mass is 244 g/mol. The zero-order valence-electron chi connectivity index (χ0n) is 10.4. The summed E-state index contributed by atoms with van der Waals surface area (Å²) < 4.78 is 5.06. The van der Waals surface area contributed by atoms with Crippen molar-refractivity contribution in [2.45, 2.75) is 51.4 Å². The highest BCUT2D eigenvalue weighted by Crippen LogP contribution is 2.09. The summed E-state index contributed by atoms with van der Waals surface area (Å²) in [5, 5.41) is 14.4. The number of carbonyl (C=O) groups is 2. The number of hydrogen-bond acceptors (Lipinski definition) is 4. The van der Waals surface area contributed by atoms with E-state index in [0.717, 1.165) is 0 Å². The van der Waals surface area contributed by atoms with Gasteiger partial charge in [0.1, 0.15) is 11.6 Å². The van der Waals surface area contributed by atoms with Gasteiger partial charge in [0, 0.05) is 6.54 Å². The topological polar surface area (TPSA) is 87.7 Å². The van der Waals surface area contributed by atoms with Crippen LogP contribution in [0.4, 0.5) is 4.79 Å². The zero-order chi connectivity index (χ0) is 13.1. The number of rotatable bonds is 1. The molecule has 98 valence electrons. The maximum absolute atomic E-state index is 11.6. The first-order valence-electron chi connectivity index (χ1n) is 5.73. The standard InChI is InChI=1S/C11H20N2O4/c1-11(2,3)17-10(16)13-8-5-4-7(14)6-12-9(8)15/h7-8,14H,4-6H2,1-3H3,(H,12,15)(H,13,16)/t7-,8+/m1/s1. The molecule has 1 heterocycles. The third-order valence-corrected chi connectivity index (χ3v) is 2.31. The van der Waals surface area contributed by atoms with Crippen LogP contribution in [0.3, 0.4) is 0 Å². The molecule has 17 heavy (non-hydrogen) atoms. The Balaban J connectivity index is 2.49. The van der Waals surface area contributed by atoms with Crippen LogP contribution in [-0.2, 0) is 9.53 Å². The molecule has 6 nitrogen and oxygen atoms in total. The van der Waals surface area contributed by atoms with Crippen LogP contribution in [0, 0.1) is 0 Å². The highest BCUT2D eigenvalue weighted by molar-refractivity contribution is 5.85. The lowest BCUT2D eigenvalue weighted by molar-refractivity contribution is -0.123. The van der Waals surface area contributed by atoms with Crippen molar-refractivity contribution in [2.24, 2.45) is 0 Å². The van der Waals surface area contributed by atoms with Crippen molar-refractivity contribution in [3.8, 4) is 0 Å². The molecule has 0 aromatic carbocycles. The lowest BCUT2D eigenvalue weighted by Gasteiger charge is -2.22. The van der Waals surface area contributed by atoms with E-state index in [1.807, 2.05) is 0 Å². The van der Waals surface area contributed by atoms with Gasteiger partial charge >= 0.3 is 6.09 Å². The van der Waals surface area contributed by atoms with E-state index >= 15 is 0 Å². The predicted octanol–water partition coefficient (Wildman–Crippen LogP) is 0.151. The van der Waals surface area contributed by atoms with Crippen LogP contribution in [-0.4, -0.2) is 41.4 Å². The molecule has 6 heteroatoms. The molecule has 1 rings (SSSR count). The number of β-amino-alcohol motifs (C(OH)–C–C–N with tert-alkyl or cyclic N) is 1. The van der Waals surface area contributed by atoms with Gasteiger partial charge in [0.15, 0.2) is 0 Å². The van der Waals surface area contributed by atoms with Gasteiger partial charge in [-0.05, 0) is 33.6 Å². The Morgan fingerprint density at radius 1 is 1.47 bits per heavy atom. The molecule has 1 aliphatic heterocycles. The van der Waals surface area contributed by atoms with Crippen LogP contribution in [0.1, 0.15) is 33.6 Å². The van der Waals surface area contributed by atoms with Crippen molar-refractivity contribution in [1.29, 1.82) is 0 Å². The van der Waals surface area contributed by atoms with Crippen molar-refractivity contribution in [3.63, 3.8) is 0 Å². The number of aliphatic hydroxyl groups excluding tert-OH is 1. The molecular weight excluding hydrogens is 224 g/mol. The third-order valence-electron chi connectivity index (χ3n) is 2.31. The van der Waals surface area contributed by atoms with Gasteiger partial charge in [-0.1, -0.05) is 0 Å². The predicted molar refractivity (Wildman–Crippen MR) is 61.4 cm³/mol. The van der Waals surface area contributed by atoms with Crippen molar-refractivity contribution < 1.29 is 19.4 Å². The molecule has 0 aromatic heterocycles. The largest absolute Gasteiger partial charge is 0.444 e. The van der Waals surface area contributed by atoms with E-state index in [4.69, 9.17) is 4.74 Å². The normalized spacial score (nSPS) is 25.8. The molecule has 1 fully saturated rings. The first kappa shape index (κ1) is 13.8. The number of carbonyl (C=O) groups excluding carboxylic acids is 2. The summed E-state index contributed by atoms with van der Waals surface area (Å²) in [7, 11) is 0. The summed E-state index contributed by atoms with van der Waals surface area (Å²) >= 11 is 0. The first-order valence-corrected chi connectivity index (χ1v) is 5.73. The number of nitrogens with one attached hydrogen (secondary N) is 2. The van der Waals surface area contributed by atoms with Gasteiger partial charge in [-0.15, -0.1) is 0 Å². The van der Waals surface area contributed by atoms with Crippen LogP contribution in [0.25, 0.3) is 0 Å². The van der Waals surface area contributed by atoms with Crippen LogP contribution in [0.15, 0.2) is 0 Å². The van der Waals surface area contributed by atoms with E-state index in [1.54, 1.807) is 20.8 Å². The Morgan fingerprint density at radius 2 is 2.12 bits per heavy atom. The number of ether oxygens (including phenoxy) is 1. The van der Waals surface area contributed by atoms with Gasteiger partial charge < -0.3 is 20.5 Å². The summed E-state index contributed by atoms with van der Waals surface area (Å²) in [5.41, 5.74) is -0.592. The molecule has 0 unspecified atom stereocenters. The van der Waals surface area contributed by atoms with Gasteiger partial charge in [0.2, 0.25) is 5.91 Å². The van der Waals surface area contributed by atoms with Crippen molar-refractivity contribution in [1.82, 2.24) is 10.6 Å². The second-order valence-corrected chi connectivity index (χ2v) is 5.18. The quantitative estimate of drug-likeness (QED) is 0.612. The highest BCUT2D eigenvalue weighted by atomic mass is 16.6. The molecule has 0 bridgehead atoms. The smallest absolute Gasteiger partial charge is 0.408 e. The number of hydrogen-bond donors (Lipinski definition) is 3. The number of amides is 2. The maximum atomic E-state index is 11.6. The van der Waals surface area contributed by atoms with E-state index in [2.05, 4.69) is 10.6 Å². The van der Waals surface area contributed by atoms with E-state index in [9.17, 15) is 14.7 Å². The Morgan fingerprint density at radius 3 is 2.71 bits per heavy atom. The van der Waals surface area contributed by atoms with Crippen LogP contribution in [0.5, 0.6) is 0 Å². The van der Waals surface area contributed by atoms with E-state index in [0.29, 0.717) is 12.8 Å². The van der Waals surface area contributed by atoms with Gasteiger partial charge in [0.05, 0.1) is 6.10 Å². The van der Waals surface area contributed by atoms with Crippen LogP contribution in [0.2, 0.25) is 0 Å². The fourth-order valence-electron chi connectivity index (χ4n) is 1.52. The van der Waals surface area contributed by atoms with Gasteiger partial charge in [-0.3, -0.25) is 4.79 Å². The average molecular weight is 244 g/mol. The van der Waals surface area contributed by atoms with Crippen LogP contribution >= 0.6 is 0 Å². The maximum Gasteiger partial charge on any atom is 0.408 e. The molecule has 0 spiro atoms. The van der Waals surface area contributed by atoms with Crippen molar-refractivity contribution >= 4 is 12.0 Å². The molecule has 1 aliphatic rings. The fraction of sp³-hybridized carbons (Fsp3) is 0.818.